The van der Waals surface area contributed by atoms with Crippen LogP contribution in [0.1, 0.15) is 0 Å². The SMILES string of the molecule is C=CC(=O)OCCOc1cccc(Nc2nc(Nc3ccccc3)nc(Nc3cccc(OCCOC(=O)C=C)c3)n2)c1. The average Bonchev–Trinajstić information content (AvgIpc) is 3.02. The van der Waals surface area contributed by atoms with Crippen LogP contribution in [0.25, 0.3) is 0 Å². The Morgan fingerprint density at radius 2 is 1.00 bits per heavy atom. The molecule has 4 rings (SSSR count). The summed E-state index contributed by atoms with van der Waals surface area (Å²) in [5.41, 5.74) is 2.12. The van der Waals surface area contributed by atoms with Gasteiger partial charge in [0, 0.05) is 41.3 Å². The molecule has 4 aromatic rings. The van der Waals surface area contributed by atoms with Gasteiger partial charge >= 0.3 is 11.9 Å². The van der Waals surface area contributed by atoms with Gasteiger partial charge in [-0.25, -0.2) is 9.59 Å². The molecule has 0 saturated heterocycles. The van der Waals surface area contributed by atoms with E-state index in [9.17, 15) is 9.59 Å². The van der Waals surface area contributed by atoms with Gasteiger partial charge in [0.05, 0.1) is 0 Å². The zero-order valence-corrected chi connectivity index (χ0v) is 23.2. The van der Waals surface area contributed by atoms with Crippen molar-refractivity contribution in [2.45, 2.75) is 0 Å². The maximum Gasteiger partial charge on any atom is 0.330 e. The molecule has 0 unspecified atom stereocenters. The Labute approximate surface area is 248 Å². The molecule has 12 nitrogen and oxygen atoms in total. The smallest absolute Gasteiger partial charge is 0.330 e. The Morgan fingerprint density at radius 3 is 1.44 bits per heavy atom. The van der Waals surface area contributed by atoms with Crippen molar-refractivity contribution < 1.29 is 28.5 Å². The molecule has 3 aromatic carbocycles. The second-order valence-electron chi connectivity index (χ2n) is 8.54. The van der Waals surface area contributed by atoms with Gasteiger partial charge < -0.3 is 34.9 Å². The number of nitrogens with zero attached hydrogens (tertiary/aromatic N) is 3. The Balaban J connectivity index is 1.48. The fourth-order valence-electron chi connectivity index (χ4n) is 3.50. The third kappa shape index (κ3) is 10.2. The Morgan fingerprint density at radius 1 is 0.581 bits per heavy atom. The van der Waals surface area contributed by atoms with E-state index in [1.54, 1.807) is 36.4 Å². The van der Waals surface area contributed by atoms with Crippen molar-refractivity contribution >= 4 is 46.8 Å². The fraction of sp³-hybridized carbons (Fsp3) is 0.129. The van der Waals surface area contributed by atoms with Crippen molar-refractivity contribution in [1.82, 2.24) is 15.0 Å². The third-order valence-electron chi connectivity index (χ3n) is 5.37. The van der Waals surface area contributed by atoms with Crippen LogP contribution in [0.5, 0.6) is 11.5 Å². The number of esters is 2. The zero-order valence-electron chi connectivity index (χ0n) is 23.2. The first-order chi connectivity index (χ1) is 21.0. The second-order valence-corrected chi connectivity index (χ2v) is 8.54. The van der Waals surface area contributed by atoms with E-state index in [1.807, 2.05) is 42.5 Å². The molecule has 12 heteroatoms. The van der Waals surface area contributed by atoms with E-state index in [2.05, 4.69) is 44.1 Å². The van der Waals surface area contributed by atoms with E-state index < -0.39 is 11.9 Å². The minimum atomic E-state index is -0.510. The molecule has 0 saturated carbocycles. The first kappa shape index (κ1) is 30.1. The van der Waals surface area contributed by atoms with E-state index >= 15 is 0 Å². The van der Waals surface area contributed by atoms with Crippen molar-refractivity contribution in [3.63, 3.8) is 0 Å². The summed E-state index contributed by atoms with van der Waals surface area (Å²) in [6, 6.07) is 23.9. The number of hydrogen-bond donors (Lipinski definition) is 3. The number of ether oxygens (including phenoxy) is 4. The van der Waals surface area contributed by atoms with Crippen molar-refractivity contribution in [1.29, 1.82) is 0 Å². The lowest BCUT2D eigenvalue weighted by Gasteiger charge is -2.13. The van der Waals surface area contributed by atoms with E-state index in [0.29, 0.717) is 28.8 Å². The normalized spacial score (nSPS) is 10.1. The number of anilines is 6. The highest BCUT2D eigenvalue weighted by molar-refractivity contribution is 5.81. The van der Waals surface area contributed by atoms with Crippen LogP contribution in [0.15, 0.2) is 104 Å². The first-order valence-corrected chi connectivity index (χ1v) is 13.2. The predicted molar refractivity (Wildman–Crippen MR) is 162 cm³/mol. The van der Waals surface area contributed by atoms with Crippen LogP contribution in [0.4, 0.5) is 34.9 Å². The summed E-state index contributed by atoms with van der Waals surface area (Å²) in [5.74, 6) is 0.942. The summed E-state index contributed by atoms with van der Waals surface area (Å²) in [5, 5.41) is 9.55. The number of benzene rings is 3. The van der Waals surface area contributed by atoms with Gasteiger partial charge in [-0.3, -0.25) is 0 Å². The topological polar surface area (TPSA) is 146 Å². The van der Waals surface area contributed by atoms with Gasteiger partial charge in [0.1, 0.15) is 37.9 Å². The molecule has 0 bridgehead atoms. The van der Waals surface area contributed by atoms with Gasteiger partial charge in [-0.1, -0.05) is 43.5 Å². The number of rotatable bonds is 16. The van der Waals surface area contributed by atoms with Crippen molar-refractivity contribution in [3.8, 4) is 11.5 Å². The van der Waals surface area contributed by atoms with Gasteiger partial charge in [0.25, 0.3) is 0 Å². The molecule has 0 spiro atoms. The number of carbonyl (C=O) groups is 2. The highest BCUT2D eigenvalue weighted by atomic mass is 16.6. The van der Waals surface area contributed by atoms with Crippen LogP contribution in [0.3, 0.4) is 0 Å². The molecule has 1 aromatic heterocycles. The van der Waals surface area contributed by atoms with E-state index in [0.717, 1.165) is 17.8 Å². The van der Waals surface area contributed by atoms with Gasteiger partial charge in [0.2, 0.25) is 17.8 Å². The van der Waals surface area contributed by atoms with Crippen molar-refractivity contribution in [2.75, 3.05) is 42.4 Å². The lowest BCUT2D eigenvalue weighted by molar-refractivity contribution is -0.139. The quantitative estimate of drug-likeness (QED) is 0.0893. The van der Waals surface area contributed by atoms with Gasteiger partial charge in [-0.05, 0) is 36.4 Å². The molecule has 0 atom stereocenters. The van der Waals surface area contributed by atoms with Crippen LogP contribution in [0, 0.1) is 0 Å². The van der Waals surface area contributed by atoms with Crippen LogP contribution >= 0.6 is 0 Å². The molecule has 0 aliphatic heterocycles. The summed E-state index contributed by atoms with van der Waals surface area (Å²) in [4.78, 5) is 36.0. The van der Waals surface area contributed by atoms with Crippen molar-refractivity contribution in [3.05, 3.63) is 104 Å². The molecule has 1 heterocycles. The van der Waals surface area contributed by atoms with Crippen LogP contribution in [0.2, 0.25) is 0 Å². The van der Waals surface area contributed by atoms with E-state index in [-0.39, 0.29) is 38.3 Å². The summed E-state index contributed by atoms with van der Waals surface area (Å²) in [6.45, 7) is 7.26. The monoisotopic (exact) mass is 582 g/mol. The van der Waals surface area contributed by atoms with Crippen LogP contribution in [-0.2, 0) is 19.1 Å². The largest absolute Gasteiger partial charge is 0.490 e. The highest BCUT2D eigenvalue weighted by Gasteiger charge is 2.10. The lowest BCUT2D eigenvalue weighted by Crippen LogP contribution is -2.10. The lowest BCUT2D eigenvalue weighted by atomic mass is 10.3. The highest BCUT2D eigenvalue weighted by Crippen LogP contribution is 2.24. The second kappa shape index (κ2) is 15.8. The fourth-order valence-corrected chi connectivity index (χ4v) is 3.50. The van der Waals surface area contributed by atoms with E-state index in [4.69, 9.17) is 18.9 Å². The summed E-state index contributed by atoms with van der Waals surface area (Å²) in [7, 11) is 0. The first-order valence-electron chi connectivity index (χ1n) is 13.2. The number of nitrogens with one attached hydrogen (secondary N) is 3. The van der Waals surface area contributed by atoms with Crippen LogP contribution in [-0.4, -0.2) is 53.3 Å². The summed E-state index contributed by atoms with van der Waals surface area (Å²) < 4.78 is 21.2. The van der Waals surface area contributed by atoms with Gasteiger partial charge in [-0.15, -0.1) is 0 Å². The minimum Gasteiger partial charge on any atom is -0.490 e. The molecular weight excluding hydrogens is 552 g/mol. The number of aromatic nitrogens is 3. The molecule has 0 radical (unpaired) electrons. The zero-order chi connectivity index (χ0) is 30.3. The van der Waals surface area contributed by atoms with Crippen molar-refractivity contribution in [2.24, 2.45) is 0 Å². The standard InChI is InChI=1S/C31H30N6O6/c1-3-27(38)42-18-16-40-25-14-8-12-23(20-25)33-30-35-29(32-22-10-6-5-7-11-22)36-31(37-30)34-24-13-9-15-26(21-24)41-17-19-43-28(39)4-2/h3-15,20-21H,1-2,16-19H2,(H3,32,33,34,35,36,37). The molecule has 0 aliphatic rings. The molecule has 0 fully saturated rings. The Kier molecular flexibility index (Phi) is 11.0. The Hall–Kier alpha value is -5.91. The minimum absolute atomic E-state index is 0.0918. The average molecular weight is 583 g/mol. The molecule has 0 aliphatic carbocycles. The summed E-state index contributed by atoms with van der Waals surface area (Å²) in [6.07, 6.45) is 2.19. The molecule has 3 N–H and O–H groups in total. The molecule has 0 amide bonds. The molecule has 43 heavy (non-hydrogen) atoms. The maximum atomic E-state index is 11.2. The molecular formula is C31H30N6O6. The van der Waals surface area contributed by atoms with Gasteiger partial charge in [-0.2, -0.15) is 15.0 Å². The summed E-state index contributed by atoms with van der Waals surface area (Å²) >= 11 is 0. The number of para-hydroxylation sites is 1. The van der Waals surface area contributed by atoms with E-state index in [1.165, 1.54) is 0 Å². The third-order valence-corrected chi connectivity index (χ3v) is 5.37. The maximum absolute atomic E-state index is 11.2. The molecule has 220 valence electrons. The Bertz CT molecular complexity index is 1460. The number of hydrogen-bond acceptors (Lipinski definition) is 12. The van der Waals surface area contributed by atoms with Crippen LogP contribution < -0.4 is 25.4 Å². The number of carbonyl (C=O) groups excluding carboxylic acids is 2. The predicted octanol–water partition coefficient (Wildman–Crippen LogP) is 5.32. The van der Waals surface area contributed by atoms with Gasteiger partial charge in [0.15, 0.2) is 0 Å².